The van der Waals surface area contributed by atoms with Crippen LogP contribution in [0, 0.1) is 5.82 Å². The van der Waals surface area contributed by atoms with Crippen molar-refractivity contribution in [1.82, 2.24) is 4.98 Å². The van der Waals surface area contributed by atoms with E-state index < -0.39 is 17.6 Å². The Morgan fingerprint density at radius 2 is 1.59 bits per heavy atom. The fourth-order valence-corrected chi connectivity index (χ4v) is 4.24. The molecule has 6 nitrogen and oxygen atoms in total. The van der Waals surface area contributed by atoms with Gasteiger partial charge in [-0.25, -0.2) is 4.39 Å². The first-order chi connectivity index (χ1) is 19.0. The van der Waals surface area contributed by atoms with E-state index in [9.17, 15) is 19.1 Å². The van der Waals surface area contributed by atoms with Crippen LogP contribution in [0.1, 0.15) is 26.3 Å². The van der Waals surface area contributed by atoms with Crippen molar-refractivity contribution in [3.05, 3.63) is 144 Å². The minimum Gasteiger partial charge on any atom is -0.506 e. The molecule has 0 spiro atoms. The van der Waals surface area contributed by atoms with E-state index >= 15 is 0 Å². The second kappa shape index (κ2) is 11.4. The second-order valence-electron chi connectivity index (χ2n) is 8.83. The molecule has 4 aromatic carbocycles. The van der Waals surface area contributed by atoms with Crippen LogP contribution in [-0.2, 0) is 6.54 Å². The topological polar surface area (TPSA) is 82.5 Å². The van der Waals surface area contributed by atoms with E-state index in [1.54, 1.807) is 30.6 Å². The third-order valence-corrected chi connectivity index (χ3v) is 6.20. The van der Waals surface area contributed by atoms with E-state index in [0.29, 0.717) is 11.3 Å². The zero-order valence-corrected chi connectivity index (χ0v) is 20.8. The molecule has 2 N–H and O–H groups in total. The van der Waals surface area contributed by atoms with Crippen molar-refractivity contribution in [3.63, 3.8) is 0 Å². The fraction of sp³-hybridized carbons (Fsp3) is 0.0312. The van der Waals surface area contributed by atoms with Crippen LogP contribution in [0.3, 0.4) is 0 Å². The standard InChI is InChI=1S/C32H24FN3O3/c33-25-13-15-26(16-14-25)36(21-22-7-6-18-34-20-22)32(39)24-12-17-29(30(37)19-24)35-31(38)28-11-5-4-10-27(28)23-8-2-1-3-9-23/h1-20,37H,21H2,(H,35,38). The Bertz CT molecular complexity index is 1610. The van der Waals surface area contributed by atoms with Gasteiger partial charge in [-0.3, -0.25) is 14.6 Å². The van der Waals surface area contributed by atoms with Crippen molar-refractivity contribution in [3.8, 4) is 16.9 Å². The zero-order valence-electron chi connectivity index (χ0n) is 20.8. The average molecular weight is 518 g/mol. The molecule has 0 aliphatic carbocycles. The molecule has 0 saturated carbocycles. The van der Waals surface area contributed by atoms with Crippen molar-refractivity contribution in [2.24, 2.45) is 0 Å². The number of aromatic nitrogens is 1. The summed E-state index contributed by atoms with van der Waals surface area (Å²) in [6.07, 6.45) is 3.28. The van der Waals surface area contributed by atoms with Gasteiger partial charge in [-0.2, -0.15) is 0 Å². The number of carbonyl (C=O) groups is 2. The lowest BCUT2D eigenvalue weighted by Gasteiger charge is -2.23. The Morgan fingerprint density at radius 1 is 0.846 bits per heavy atom. The molecule has 0 saturated heterocycles. The smallest absolute Gasteiger partial charge is 0.258 e. The molecule has 1 heterocycles. The molecule has 0 bridgehead atoms. The monoisotopic (exact) mass is 517 g/mol. The first kappa shape index (κ1) is 25.4. The van der Waals surface area contributed by atoms with Gasteiger partial charge in [-0.15, -0.1) is 0 Å². The lowest BCUT2D eigenvalue weighted by Crippen LogP contribution is -2.30. The van der Waals surface area contributed by atoms with E-state index in [2.05, 4.69) is 10.3 Å². The number of rotatable bonds is 7. The Morgan fingerprint density at radius 3 is 2.31 bits per heavy atom. The van der Waals surface area contributed by atoms with Crippen molar-refractivity contribution in [2.45, 2.75) is 6.54 Å². The summed E-state index contributed by atoms with van der Waals surface area (Å²) >= 11 is 0. The van der Waals surface area contributed by atoms with Gasteiger partial charge in [0, 0.05) is 29.2 Å². The highest BCUT2D eigenvalue weighted by atomic mass is 19.1. The summed E-state index contributed by atoms with van der Waals surface area (Å²) in [6.45, 7) is 0.188. The second-order valence-corrected chi connectivity index (χ2v) is 8.83. The van der Waals surface area contributed by atoms with Crippen LogP contribution in [-0.4, -0.2) is 21.9 Å². The Balaban J connectivity index is 1.40. The molecule has 5 rings (SSSR count). The number of phenolic OH excluding ortho intramolecular Hbond substituents is 1. The first-order valence-electron chi connectivity index (χ1n) is 12.2. The van der Waals surface area contributed by atoms with Gasteiger partial charge in [0.1, 0.15) is 11.6 Å². The number of benzene rings is 4. The number of nitrogens with one attached hydrogen (secondary N) is 1. The number of phenols is 1. The number of anilines is 2. The quantitative estimate of drug-likeness (QED) is 0.236. The Labute approximate surface area is 225 Å². The molecular formula is C32H24FN3O3. The van der Waals surface area contributed by atoms with Crippen LogP contribution in [0.4, 0.5) is 15.8 Å². The number of hydrogen-bond acceptors (Lipinski definition) is 4. The van der Waals surface area contributed by atoms with Crippen LogP contribution in [0.25, 0.3) is 11.1 Å². The molecule has 0 aliphatic rings. The average Bonchev–Trinajstić information content (AvgIpc) is 2.98. The molecular weight excluding hydrogens is 493 g/mol. The van der Waals surface area contributed by atoms with E-state index in [4.69, 9.17) is 0 Å². The largest absolute Gasteiger partial charge is 0.506 e. The molecule has 5 aromatic rings. The fourth-order valence-electron chi connectivity index (χ4n) is 4.24. The summed E-state index contributed by atoms with van der Waals surface area (Å²) in [5, 5.41) is 13.5. The van der Waals surface area contributed by atoms with E-state index in [-0.39, 0.29) is 23.5 Å². The third kappa shape index (κ3) is 5.83. The molecule has 0 fully saturated rings. The molecule has 192 valence electrons. The predicted octanol–water partition coefficient (Wildman–Crippen LogP) is 6.69. The number of halogens is 1. The summed E-state index contributed by atoms with van der Waals surface area (Å²) < 4.78 is 13.6. The van der Waals surface area contributed by atoms with Gasteiger partial charge in [0.2, 0.25) is 0 Å². The van der Waals surface area contributed by atoms with Crippen molar-refractivity contribution in [1.29, 1.82) is 0 Å². The van der Waals surface area contributed by atoms with Gasteiger partial charge in [0.15, 0.2) is 0 Å². The zero-order chi connectivity index (χ0) is 27.2. The Kier molecular flexibility index (Phi) is 7.41. The SMILES string of the molecule is O=C(Nc1ccc(C(=O)N(Cc2cccnc2)c2ccc(F)cc2)cc1O)c1ccccc1-c1ccccc1. The van der Waals surface area contributed by atoms with Gasteiger partial charge >= 0.3 is 0 Å². The molecule has 0 radical (unpaired) electrons. The maximum Gasteiger partial charge on any atom is 0.258 e. The molecule has 7 heteroatoms. The van der Waals surface area contributed by atoms with E-state index in [0.717, 1.165) is 16.7 Å². The van der Waals surface area contributed by atoms with Crippen LogP contribution >= 0.6 is 0 Å². The maximum absolute atomic E-state index is 13.6. The van der Waals surface area contributed by atoms with E-state index in [1.807, 2.05) is 48.5 Å². The van der Waals surface area contributed by atoms with Gasteiger partial charge in [-0.05, 0) is 71.3 Å². The summed E-state index contributed by atoms with van der Waals surface area (Å²) in [5.41, 5.74) is 3.72. The predicted molar refractivity (Wildman–Crippen MR) is 149 cm³/mol. The number of amides is 2. The van der Waals surface area contributed by atoms with Gasteiger partial charge in [0.25, 0.3) is 11.8 Å². The van der Waals surface area contributed by atoms with Crippen LogP contribution in [0.2, 0.25) is 0 Å². The number of hydrogen-bond donors (Lipinski definition) is 2. The summed E-state index contributed by atoms with van der Waals surface area (Å²) in [7, 11) is 0. The van der Waals surface area contributed by atoms with Gasteiger partial charge in [0.05, 0.1) is 12.2 Å². The lowest BCUT2D eigenvalue weighted by molar-refractivity contribution is 0.0983. The first-order valence-corrected chi connectivity index (χ1v) is 12.2. The minimum absolute atomic E-state index is 0.167. The lowest BCUT2D eigenvalue weighted by atomic mass is 9.99. The highest BCUT2D eigenvalue weighted by Crippen LogP contribution is 2.29. The number of carbonyl (C=O) groups excluding carboxylic acids is 2. The molecule has 1 aromatic heterocycles. The molecule has 0 atom stereocenters. The van der Waals surface area contributed by atoms with Crippen molar-refractivity contribution < 1.29 is 19.1 Å². The summed E-state index contributed by atoms with van der Waals surface area (Å²) in [6, 6.07) is 30.3. The highest BCUT2D eigenvalue weighted by molar-refractivity contribution is 6.10. The van der Waals surface area contributed by atoms with Crippen molar-refractivity contribution in [2.75, 3.05) is 10.2 Å². The molecule has 0 unspecified atom stereocenters. The van der Waals surface area contributed by atoms with Gasteiger partial charge < -0.3 is 15.3 Å². The summed E-state index contributed by atoms with van der Waals surface area (Å²) in [4.78, 5) is 32.3. The number of aromatic hydroxyl groups is 1. The normalized spacial score (nSPS) is 10.6. The van der Waals surface area contributed by atoms with Crippen LogP contribution in [0.5, 0.6) is 5.75 Å². The third-order valence-electron chi connectivity index (χ3n) is 6.20. The maximum atomic E-state index is 13.6. The number of nitrogens with zero attached hydrogens (tertiary/aromatic N) is 2. The van der Waals surface area contributed by atoms with Crippen LogP contribution in [0.15, 0.2) is 122 Å². The van der Waals surface area contributed by atoms with E-state index in [1.165, 1.54) is 47.4 Å². The minimum atomic E-state index is -0.417. The summed E-state index contributed by atoms with van der Waals surface area (Å²) in [5.74, 6) is -1.48. The molecule has 0 aliphatic heterocycles. The molecule has 39 heavy (non-hydrogen) atoms. The van der Waals surface area contributed by atoms with Crippen LogP contribution < -0.4 is 10.2 Å². The van der Waals surface area contributed by atoms with Crippen molar-refractivity contribution >= 4 is 23.2 Å². The Hall–Kier alpha value is -5.30. The highest BCUT2D eigenvalue weighted by Gasteiger charge is 2.21. The number of pyridine rings is 1. The van der Waals surface area contributed by atoms with Gasteiger partial charge in [-0.1, -0.05) is 54.6 Å². The molecule has 2 amide bonds.